The third-order valence-electron chi connectivity index (χ3n) is 0.937. The van der Waals surface area contributed by atoms with Crippen molar-refractivity contribution in [2.45, 2.75) is 16.5 Å². The lowest BCUT2D eigenvalue weighted by molar-refractivity contribution is 1.00. The van der Waals surface area contributed by atoms with Gasteiger partial charge in [-0.2, -0.15) is 25.3 Å². The van der Waals surface area contributed by atoms with Crippen molar-refractivity contribution in [3.8, 4) is 0 Å². The predicted molar refractivity (Wildman–Crippen MR) is 33.3 cm³/mol. The van der Waals surface area contributed by atoms with Crippen molar-refractivity contribution in [1.82, 2.24) is 0 Å². The van der Waals surface area contributed by atoms with E-state index < -0.39 is 0 Å². The van der Waals surface area contributed by atoms with Crippen LogP contribution in [0.15, 0.2) is 0 Å². The number of rotatable bonds is 0. The highest BCUT2D eigenvalue weighted by Crippen LogP contribution is 2.41. The van der Waals surface area contributed by atoms with E-state index in [9.17, 15) is 0 Å². The highest BCUT2D eigenvalue weighted by molar-refractivity contribution is 7.87. The van der Waals surface area contributed by atoms with E-state index in [1.807, 2.05) is 0 Å². The van der Waals surface area contributed by atoms with Crippen LogP contribution in [0.25, 0.3) is 0 Å². The molecule has 0 radical (unpaired) electrons. The number of hydrogen-bond donors (Lipinski definition) is 3. The first kappa shape index (κ1) is 4.81. The second-order valence-corrected chi connectivity index (χ2v) is 3.17. The molecule has 1 nitrogen and oxygen atoms in total. The second kappa shape index (κ2) is 1.08. The van der Waals surface area contributed by atoms with Gasteiger partial charge < -0.3 is 5.73 Å². The molecule has 6 heavy (non-hydrogen) atoms. The van der Waals surface area contributed by atoms with Gasteiger partial charge >= 0.3 is 0 Å². The van der Waals surface area contributed by atoms with Crippen LogP contribution in [0.3, 0.4) is 0 Å². The SMILES string of the molecule is NC1(S)CC1S. The van der Waals surface area contributed by atoms with E-state index in [1.54, 1.807) is 0 Å². The Morgan fingerprint density at radius 2 is 2.00 bits per heavy atom. The first-order valence-electron chi connectivity index (χ1n) is 1.82. The standard InChI is InChI=1S/C3H7NS2/c4-3(6)1-2(3)5/h2,5-6H,1,4H2. The Balaban J connectivity index is 2.41. The fraction of sp³-hybridized carbons (Fsp3) is 1.00. The summed E-state index contributed by atoms with van der Waals surface area (Å²) >= 11 is 8.09. The van der Waals surface area contributed by atoms with Gasteiger partial charge in [0.05, 0.1) is 4.87 Å². The molecule has 0 aromatic heterocycles. The summed E-state index contributed by atoms with van der Waals surface area (Å²) in [6, 6.07) is 0. The van der Waals surface area contributed by atoms with Crippen molar-refractivity contribution in [2.75, 3.05) is 0 Å². The zero-order valence-corrected chi connectivity index (χ0v) is 5.05. The quantitative estimate of drug-likeness (QED) is 0.311. The van der Waals surface area contributed by atoms with Crippen molar-refractivity contribution in [2.24, 2.45) is 5.73 Å². The summed E-state index contributed by atoms with van der Waals surface area (Å²) in [4.78, 5) is -0.233. The topological polar surface area (TPSA) is 26.0 Å². The predicted octanol–water partition coefficient (Wildman–Crippen LogP) is 0.273. The second-order valence-electron chi connectivity index (χ2n) is 1.71. The van der Waals surface area contributed by atoms with Crippen molar-refractivity contribution >= 4 is 25.3 Å². The molecule has 1 rings (SSSR count). The molecule has 0 spiro atoms. The highest BCUT2D eigenvalue weighted by atomic mass is 32.1. The first-order chi connectivity index (χ1) is 2.63. The molecule has 0 heterocycles. The van der Waals surface area contributed by atoms with Crippen LogP contribution < -0.4 is 5.73 Å². The molecule has 3 heteroatoms. The van der Waals surface area contributed by atoms with Gasteiger partial charge in [-0.1, -0.05) is 0 Å². The molecule has 2 N–H and O–H groups in total. The molecule has 1 aliphatic carbocycles. The molecular formula is C3H7NS2. The molecule has 0 saturated heterocycles. The molecule has 0 bridgehead atoms. The number of hydrogen-bond acceptors (Lipinski definition) is 3. The highest BCUT2D eigenvalue weighted by Gasteiger charge is 2.45. The molecule has 1 saturated carbocycles. The van der Waals surface area contributed by atoms with E-state index in [-0.39, 0.29) is 4.87 Å². The Labute approximate surface area is 48.1 Å². The molecule has 1 fully saturated rings. The smallest absolute Gasteiger partial charge is 0.0720 e. The first-order valence-corrected chi connectivity index (χ1v) is 2.78. The lowest BCUT2D eigenvalue weighted by atomic mass is 10.8. The molecule has 0 amide bonds. The van der Waals surface area contributed by atoms with E-state index in [1.165, 1.54) is 0 Å². The van der Waals surface area contributed by atoms with Crippen LogP contribution in [0.4, 0.5) is 0 Å². The summed E-state index contributed by atoms with van der Waals surface area (Å²) in [5.41, 5.74) is 5.40. The van der Waals surface area contributed by atoms with Crippen LogP contribution in [-0.4, -0.2) is 10.1 Å². The summed E-state index contributed by atoms with van der Waals surface area (Å²) < 4.78 is 0. The van der Waals surface area contributed by atoms with E-state index in [0.717, 1.165) is 6.42 Å². The Morgan fingerprint density at radius 1 is 1.83 bits per heavy atom. The van der Waals surface area contributed by atoms with Gasteiger partial charge in [0.2, 0.25) is 0 Å². The van der Waals surface area contributed by atoms with Crippen LogP contribution in [0.5, 0.6) is 0 Å². The third-order valence-corrected chi connectivity index (χ3v) is 2.28. The largest absolute Gasteiger partial charge is 0.316 e. The van der Waals surface area contributed by atoms with Crippen LogP contribution in [0.2, 0.25) is 0 Å². The molecule has 0 aromatic carbocycles. The van der Waals surface area contributed by atoms with E-state index in [2.05, 4.69) is 25.3 Å². The maximum absolute atomic E-state index is 5.40. The van der Waals surface area contributed by atoms with Gasteiger partial charge in [0, 0.05) is 5.25 Å². The van der Waals surface area contributed by atoms with Gasteiger partial charge in [0.15, 0.2) is 0 Å². The third kappa shape index (κ3) is 0.669. The van der Waals surface area contributed by atoms with Gasteiger partial charge in [-0.25, -0.2) is 0 Å². The minimum Gasteiger partial charge on any atom is -0.316 e. The lowest BCUT2D eigenvalue weighted by Gasteiger charge is -1.91. The Morgan fingerprint density at radius 3 is 2.00 bits per heavy atom. The maximum Gasteiger partial charge on any atom is 0.0720 e. The van der Waals surface area contributed by atoms with Gasteiger partial charge in [0.25, 0.3) is 0 Å². The summed E-state index contributed by atoms with van der Waals surface area (Å²) in [7, 11) is 0. The Bertz CT molecular complexity index is 71.2. The summed E-state index contributed by atoms with van der Waals surface area (Å²) in [6.45, 7) is 0. The summed E-state index contributed by atoms with van der Waals surface area (Å²) in [5, 5.41) is 0.334. The molecule has 1 aliphatic rings. The van der Waals surface area contributed by atoms with Gasteiger partial charge in [-0.05, 0) is 6.42 Å². The molecule has 0 aliphatic heterocycles. The van der Waals surface area contributed by atoms with E-state index in [0.29, 0.717) is 5.25 Å². The minimum atomic E-state index is -0.233. The normalized spacial score (nSPS) is 55.5. The molecule has 0 aromatic rings. The summed E-state index contributed by atoms with van der Waals surface area (Å²) in [5.74, 6) is 0. The van der Waals surface area contributed by atoms with Crippen molar-refractivity contribution in [3.63, 3.8) is 0 Å². The van der Waals surface area contributed by atoms with Gasteiger partial charge in [-0.3, -0.25) is 0 Å². The fourth-order valence-electron chi connectivity index (χ4n) is 0.251. The average molecular weight is 121 g/mol. The number of thiol groups is 2. The molecule has 2 atom stereocenters. The van der Waals surface area contributed by atoms with Crippen molar-refractivity contribution in [1.29, 1.82) is 0 Å². The maximum atomic E-state index is 5.40. The van der Waals surface area contributed by atoms with Crippen LogP contribution in [-0.2, 0) is 0 Å². The fourth-order valence-corrected chi connectivity index (χ4v) is 0.880. The van der Waals surface area contributed by atoms with Crippen molar-refractivity contribution in [3.05, 3.63) is 0 Å². The average Bonchev–Trinajstić information content (AvgIpc) is 1.73. The zero-order valence-electron chi connectivity index (χ0n) is 3.26. The van der Waals surface area contributed by atoms with Gasteiger partial charge in [0.1, 0.15) is 0 Å². The van der Waals surface area contributed by atoms with E-state index in [4.69, 9.17) is 5.73 Å². The van der Waals surface area contributed by atoms with Gasteiger partial charge in [-0.15, -0.1) is 0 Å². The van der Waals surface area contributed by atoms with E-state index >= 15 is 0 Å². The Kier molecular flexibility index (Phi) is 0.867. The molecular weight excluding hydrogens is 114 g/mol. The van der Waals surface area contributed by atoms with Crippen LogP contribution in [0, 0.1) is 0 Å². The zero-order chi connectivity index (χ0) is 4.78. The molecule has 36 valence electrons. The lowest BCUT2D eigenvalue weighted by Crippen LogP contribution is -2.15. The Hall–Kier alpha value is 0.660. The van der Waals surface area contributed by atoms with Crippen LogP contribution in [0.1, 0.15) is 6.42 Å². The minimum absolute atomic E-state index is 0.233. The summed E-state index contributed by atoms with van der Waals surface area (Å²) in [6.07, 6.45) is 0.944. The monoisotopic (exact) mass is 121 g/mol. The van der Waals surface area contributed by atoms with Crippen LogP contribution >= 0.6 is 25.3 Å². The number of nitrogens with two attached hydrogens (primary N) is 1. The van der Waals surface area contributed by atoms with Crippen molar-refractivity contribution < 1.29 is 0 Å². The molecule has 2 unspecified atom stereocenters.